The Balaban J connectivity index is 1.87. The largest absolute Gasteiger partial charge is 0.507 e. The molecule has 9 nitrogen and oxygen atoms in total. The first-order valence-electron chi connectivity index (χ1n) is 10.9. The summed E-state index contributed by atoms with van der Waals surface area (Å²) in [5.41, 5.74) is 1.83. The Hall–Kier alpha value is -4.31. The van der Waals surface area contributed by atoms with Gasteiger partial charge in [0.25, 0.3) is 5.78 Å². The summed E-state index contributed by atoms with van der Waals surface area (Å²) in [6.07, 6.45) is 4.51. The second-order valence-corrected chi connectivity index (χ2v) is 8.92. The van der Waals surface area contributed by atoms with Crippen molar-refractivity contribution in [2.24, 2.45) is 0 Å². The van der Waals surface area contributed by atoms with Crippen LogP contribution in [-0.2, 0) is 14.3 Å². The number of carbonyl (C=O) groups is 3. The van der Waals surface area contributed by atoms with Gasteiger partial charge in [0.05, 0.1) is 24.4 Å². The van der Waals surface area contributed by atoms with E-state index in [0.717, 1.165) is 16.9 Å². The Labute approximate surface area is 211 Å². The monoisotopic (exact) mass is 505 g/mol. The lowest BCUT2D eigenvalue weighted by molar-refractivity contribution is -0.132. The molecule has 10 heteroatoms. The Morgan fingerprint density at radius 1 is 1.28 bits per heavy atom. The molecule has 1 unspecified atom stereocenters. The summed E-state index contributed by atoms with van der Waals surface area (Å²) in [6, 6.07) is 7.30. The molecule has 0 spiro atoms. The minimum atomic E-state index is -1.01. The molecule has 1 aliphatic heterocycles. The van der Waals surface area contributed by atoms with Crippen LogP contribution < -0.4 is 9.64 Å². The van der Waals surface area contributed by atoms with Crippen LogP contribution in [0.5, 0.6) is 5.75 Å². The summed E-state index contributed by atoms with van der Waals surface area (Å²) in [4.78, 5) is 48.9. The third-order valence-corrected chi connectivity index (χ3v) is 6.76. The van der Waals surface area contributed by atoms with Gasteiger partial charge in [-0.3, -0.25) is 19.5 Å². The summed E-state index contributed by atoms with van der Waals surface area (Å²) >= 11 is 0.928. The number of methoxy groups -OCH3 is 1. The van der Waals surface area contributed by atoms with Gasteiger partial charge in [0.2, 0.25) is 0 Å². The minimum absolute atomic E-state index is 0.0208. The van der Waals surface area contributed by atoms with Gasteiger partial charge in [-0.1, -0.05) is 30.1 Å². The van der Waals surface area contributed by atoms with Crippen molar-refractivity contribution in [1.82, 2.24) is 9.97 Å². The summed E-state index contributed by atoms with van der Waals surface area (Å²) < 4.78 is 10.4. The fraction of sp³-hybridized carbons (Fsp3) is 0.192. The molecule has 1 fully saturated rings. The van der Waals surface area contributed by atoms with Gasteiger partial charge in [0.1, 0.15) is 23.0 Å². The number of aryl methyl sites for hydroxylation is 2. The maximum Gasteiger partial charge on any atom is 0.350 e. The van der Waals surface area contributed by atoms with Gasteiger partial charge in [0, 0.05) is 18.0 Å². The number of carbonyl (C=O) groups excluding carboxylic acids is 3. The van der Waals surface area contributed by atoms with Gasteiger partial charge in [-0.2, -0.15) is 0 Å². The highest BCUT2D eigenvalue weighted by Gasteiger charge is 2.48. The number of nitrogens with zero attached hydrogens (tertiary/aromatic N) is 3. The molecule has 4 rings (SSSR count). The molecular formula is C26H23N3O6S. The molecule has 184 valence electrons. The molecule has 0 radical (unpaired) electrons. The van der Waals surface area contributed by atoms with Gasteiger partial charge in [0.15, 0.2) is 5.13 Å². The molecule has 1 aliphatic rings. The zero-order valence-electron chi connectivity index (χ0n) is 19.8. The van der Waals surface area contributed by atoms with Gasteiger partial charge in [-0.05, 0) is 49.2 Å². The zero-order chi connectivity index (χ0) is 26.0. The van der Waals surface area contributed by atoms with Crippen LogP contribution in [0.1, 0.15) is 38.1 Å². The van der Waals surface area contributed by atoms with Gasteiger partial charge in [-0.25, -0.2) is 9.78 Å². The van der Waals surface area contributed by atoms with Crippen LogP contribution in [0.3, 0.4) is 0 Å². The fourth-order valence-electron chi connectivity index (χ4n) is 3.94. The number of esters is 1. The third-order valence-electron chi connectivity index (χ3n) is 5.62. The Kier molecular flexibility index (Phi) is 6.98. The minimum Gasteiger partial charge on any atom is -0.507 e. The highest BCUT2D eigenvalue weighted by molar-refractivity contribution is 7.17. The molecule has 0 aliphatic carbocycles. The normalized spacial score (nSPS) is 16.8. The molecule has 1 N–H and O–H groups in total. The number of aliphatic hydroxyl groups is 1. The molecule has 36 heavy (non-hydrogen) atoms. The molecule has 1 atom stereocenters. The maximum atomic E-state index is 13.3. The second kappa shape index (κ2) is 10.1. The van der Waals surface area contributed by atoms with Crippen molar-refractivity contribution < 1.29 is 29.0 Å². The first-order chi connectivity index (χ1) is 17.3. The Morgan fingerprint density at radius 2 is 2.06 bits per heavy atom. The van der Waals surface area contributed by atoms with Crippen LogP contribution in [0.2, 0.25) is 0 Å². The van der Waals surface area contributed by atoms with Crippen molar-refractivity contribution in [3.8, 4) is 5.75 Å². The number of pyridine rings is 1. The maximum absolute atomic E-state index is 13.3. The molecular weight excluding hydrogens is 482 g/mol. The lowest BCUT2D eigenvalue weighted by atomic mass is 9.96. The number of aliphatic hydroxyl groups excluding tert-OH is 1. The van der Waals surface area contributed by atoms with E-state index in [1.54, 1.807) is 50.4 Å². The Morgan fingerprint density at radius 3 is 2.69 bits per heavy atom. The number of anilines is 1. The summed E-state index contributed by atoms with van der Waals surface area (Å²) in [7, 11) is 1.53. The number of hydrogen-bond donors (Lipinski definition) is 1. The fourth-order valence-corrected chi connectivity index (χ4v) is 4.93. The van der Waals surface area contributed by atoms with Gasteiger partial charge >= 0.3 is 11.9 Å². The van der Waals surface area contributed by atoms with E-state index in [0.29, 0.717) is 22.6 Å². The van der Waals surface area contributed by atoms with Crippen LogP contribution in [0.4, 0.5) is 5.13 Å². The van der Waals surface area contributed by atoms with E-state index in [4.69, 9.17) is 9.47 Å². The quantitative estimate of drug-likeness (QED) is 0.167. The van der Waals surface area contributed by atoms with E-state index in [9.17, 15) is 19.5 Å². The van der Waals surface area contributed by atoms with Gasteiger partial charge < -0.3 is 14.6 Å². The number of hydrogen-bond acceptors (Lipinski definition) is 9. The van der Waals surface area contributed by atoms with E-state index < -0.39 is 23.7 Å². The van der Waals surface area contributed by atoms with E-state index in [1.165, 1.54) is 24.3 Å². The first kappa shape index (κ1) is 24.8. The number of amides is 1. The number of ketones is 1. The highest BCUT2D eigenvalue weighted by Crippen LogP contribution is 2.44. The number of benzene rings is 1. The molecule has 3 heterocycles. The Bertz CT molecular complexity index is 1400. The number of rotatable bonds is 7. The van der Waals surface area contributed by atoms with E-state index in [-0.39, 0.29) is 27.9 Å². The standard InChI is InChI=1S/C26H23N3O6S/c1-5-11-35-25(33)23-15(3)28-26(36-23)29-20(17-7-6-10-27-13-17)19(22(31)24(29)32)21(30)16-8-9-18(34-4)14(2)12-16/h5-10,12-13,20,30H,1,11H2,2-4H3/b21-19+. The molecule has 1 amide bonds. The van der Waals surface area contributed by atoms with E-state index in [1.807, 2.05) is 0 Å². The first-order valence-corrected chi connectivity index (χ1v) is 11.7. The molecule has 3 aromatic rings. The molecule has 2 aromatic heterocycles. The van der Waals surface area contributed by atoms with Crippen molar-refractivity contribution in [3.05, 3.63) is 88.2 Å². The summed E-state index contributed by atoms with van der Waals surface area (Å²) in [6.45, 7) is 6.96. The van der Waals surface area contributed by atoms with Crippen molar-refractivity contribution in [2.45, 2.75) is 19.9 Å². The number of aromatic nitrogens is 2. The second-order valence-electron chi connectivity index (χ2n) is 7.94. The van der Waals surface area contributed by atoms with Crippen molar-refractivity contribution in [3.63, 3.8) is 0 Å². The SMILES string of the molecule is C=CCOC(=O)c1sc(N2C(=O)C(=O)/C(=C(/O)c3ccc(OC)c(C)c3)C2c2cccnc2)nc1C. The molecule has 1 saturated heterocycles. The van der Waals surface area contributed by atoms with Crippen LogP contribution in [-0.4, -0.2) is 46.5 Å². The molecule has 0 bridgehead atoms. The van der Waals surface area contributed by atoms with Crippen molar-refractivity contribution in [1.29, 1.82) is 0 Å². The third kappa shape index (κ3) is 4.38. The topological polar surface area (TPSA) is 119 Å². The predicted molar refractivity (Wildman–Crippen MR) is 134 cm³/mol. The summed E-state index contributed by atoms with van der Waals surface area (Å²) in [5, 5.41) is 11.4. The molecule has 0 saturated carbocycles. The smallest absolute Gasteiger partial charge is 0.350 e. The average Bonchev–Trinajstić information content (AvgIpc) is 3.39. The highest BCUT2D eigenvalue weighted by atomic mass is 32.1. The van der Waals surface area contributed by atoms with Crippen LogP contribution in [0, 0.1) is 13.8 Å². The lowest BCUT2D eigenvalue weighted by Crippen LogP contribution is -2.29. The van der Waals surface area contributed by atoms with Crippen LogP contribution in [0.25, 0.3) is 5.76 Å². The van der Waals surface area contributed by atoms with Gasteiger partial charge in [-0.15, -0.1) is 0 Å². The predicted octanol–water partition coefficient (Wildman–Crippen LogP) is 4.13. The molecule has 1 aromatic carbocycles. The lowest BCUT2D eigenvalue weighted by Gasteiger charge is -2.22. The number of Topliss-reactive ketones (excluding diaryl/α,β-unsaturated/α-hetero) is 1. The van der Waals surface area contributed by atoms with Crippen molar-refractivity contribution in [2.75, 3.05) is 18.6 Å². The average molecular weight is 506 g/mol. The van der Waals surface area contributed by atoms with Crippen LogP contribution in [0.15, 0.2) is 61.0 Å². The number of thiazole rings is 1. The van der Waals surface area contributed by atoms with Crippen molar-refractivity contribution >= 4 is 39.9 Å². The van der Waals surface area contributed by atoms with E-state index in [2.05, 4.69) is 16.5 Å². The van der Waals surface area contributed by atoms with E-state index >= 15 is 0 Å². The van der Waals surface area contributed by atoms with Crippen LogP contribution >= 0.6 is 11.3 Å². The number of ether oxygens (including phenoxy) is 2. The zero-order valence-corrected chi connectivity index (χ0v) is 20.7. The summed E-state index contributed by atoms with van der Waals surface area (Å²) in [5.74, 6) is -2.09.